The summed E-state index contributed by atoms with van der Waals surface area (Å²) in [6, 6.07) is 0.840. The van der Waals surface area contributed by atoms with Crippen LogP contribution in [-0.4, -0.2) is 12.6 Å². The van der Waals surface area contributed by atoms with Crippen LogP contribution in [0.5, 0.6) is 0 Å². The first kappa shape index (κ1) is 13.4. The fourth-order valence-corrected chi connectivity index (χ4v) is 3.78. The molecule has 0 aromatic heterocycles. The second kappa shape index (κ2) is 6.78. The van der Waals surface area contributed by atoms with Crippen LogP contribution in [0.15, 0.2) is 0 Å². The smallest absolute Gasteiger partial charge is 0.00672 e. The van der Waals surface area contributed by atoms with Crippen molar-refractivity contribution in [1.82, 2.24) is 5.32 Å². The molecule has 2 saturated carbocycles. The molecule has 100 valence electrons. The van der Waals surface area contributed by atoms with Crippen molar-refractivity contribution in [2.75, 3.05) is 6.54 Å². The van der Waals surface area contributed by atoms with Gasteiger partial charge in [0.05, 0.1) is 0 Å². The molecule has 0 radical (unpaired) electrons. The van der Waals surface area contributed by atoms with Crippen LogP contribution in [0.1, 0.15) is 71.6 Å². The lowest BCUT2D eigenvalue weighted by Crippen LogP contribution is -2.34. The molecule has 2 aliphatic rings. The van der Waals surface area contributed by atoms with Gasteiger partial charge >= 0.3 is 0 Å². The molecule has 2 aliphatic carbocycles. The molecular formula is C16H31N. The molecule has 0 saturated heterocycles. The summed E-state index contributed by atoms with van der Waals surface area (Å²) in [6.07, 6.45) is 13.1. The summed E-state index contributed by atoms with van der Waals surface area (Å²) >= 11 is 0. The highest BCUT2D eigenvalue weighted by Gasteiger charge is 2.20. The Labute approximate surface area is 108 Å². The topological polar surface area (TPSA) is 12.0 Å². The first-order chi connectivity index (χ1) is 8.24. The average Bonchev–Trinajstić information content (AvgIpc) is 2.32. The van der Waals surface area contributed by atoms with E-state index in [4.69, 9.17) is 0 Å². The van der Waals surface area contributed by atoms with Crippen LogP contribution >= 0.6 is 0 Å². The molecule has 0 aromatic rings. The van der Waals surface area contributed by atoms with E-state index in [0.717, 1.165) is 23.8 Å². The molecule has 0 aromatic carbocycles. The van der Waals surface area contributed by atoms with E-state index < -0.39 is 0 Å². The predicted molar refractivity (Wildman–Crippen MR) is 75.2 cm³/mol. The molecular weight excluding hydrogens is 206 g/mol. The van der Waals surface area contributed by atoms with Crippen LogP contribution in [0.2, 0.25) is 0 Å². The van der Waals surface area contributed by atoms with E-state index in [1.165, 1.54) is 64.3 Å². The molecule has 0 amide bonds. The maximum atomic E-state index is 3.80. The van der Waals surface area contributed by atoms with Gasteiger partial charge in [-0.3, -0.25) is 0 Å². The van der Waals surface area contributed by atoms with Gasteiger partial charge in [0.25, 0.3) is 0 Å². The van der Waals surface area contributed by atoms with Gasteiger partial charge < -0.3 is 5.32 Å². The SMILES string of the molecule is CC1CCC(NCCC2CCCC(C)C2)CC1. The van der Waals surface area contributed by atoms with Crippen molar-refractivity contribution in [2.45, 2.75) is 77.7 Å². The van der Waals surface area contributed by atoms with Gasteiger partial charge in [-0.05, 0) is 62.8 Å². The van der Waals surface area contributed by atoms with E-state index in [1.54, 1.807) is 0 Å². The Morgan fingerprint density at radius 1 is 0.882 bits per heavy atom. The Bertz CT molecular complexity index is 206. The predicted octanol–water partition coefficient (Wildman–Crippen LogP) is 4.37. The third-order valence-electron chi connectivity index (χ3n) is 5.05. The largest absolute Gasteiger partial charge is 0.314 e. The number of hydrogen-bond acceptors (Lipinski definition) is 1. The van der Waals surface area contributed by atoms with E-state index in [0.29, 0.717) is 0 Å². The summed E-state index contributed by atoms with van der Waals surface area (Å²) in [5.41, 5.74) is 0. The molecule has 2 fully saturated rings. The Kier molecular flexibility index (Phi) is 5.34. The van der Waals surface area contributed by atoms with Crippen LogP contribution in [0.25, 0.3) is 0 Å². The van der Waals surface area contributed by atoms with Gasteiger partial charge in [0.2, 0.25) is 0 Å². The van der Waals surface area contributed by atoms with Crippen LogP contribution in [0.3, 0.4) is 0 Å². The van der Waals surface area contributed by atoms with Crippen LogP contribution in [-0.2, 0) is 0 Å². The van der Waals surface area contributed by atoms with E-state index >= 15 is 0 Å². The summed E-state index contributed by atoms with van der Waals surface area (Å²) in [5.74, 6) is 2.99. The lowest BCUT2D eigenvalue weighted by atomic mass is 9.81. The molecule has 2 rings (SSSR count). The lowest BCUT2D eigenvalue weighted by Gasteiger charge is -2.29. The lowest BCUT2D eigenvalue weighted by molar-refractivity contribution is 0.254. The fourth-order valence-electron chi connectivity index (χ4n) is 3.78. The van der Waals surface area contributed by atoms with Gasteiger partial charge in [-0.25, -0.2) is 0 Å². The van der Waals surface area contributed by atoms with Crippen LogP contribution < -0.4 is 5.32 Å². The van der Waals surface area contributed by atoms with Crippen molar-refractivity contribution in [3.05, 3.63) is 0 Å². The third-order valence-corrected chi connectivity index (χ3v) is 5.05. The molecule has 2 atom stereocenters. The zero-order valence-electron chi connectivity index (χ0n) is 11.9. The monoisotopic (exact) mass is 237 g/mol. The average molecular weight is 237 g/mol. The first-order valence-electron chi connectivity index (χ1n) is 7.97. The molecule has 1 N–H and O–H groups in total. The zero-order chi connectivity index (χ0) is 12.1. The maximum Gasteiger partial charge on any atom is 0.00672 e. The van der Waals surface area contributed by atoms with Crippen molar-refractivity contribution in [2.24, 2.45) is 17.8 Å². The normalized spacial score (nSPS) is 39.2. The minimum Gasteiger partial charge on any atom is -0.314 e. The Morgan fingerprint density at radius 2 is 1.65 bits per heavy atom. The molecule has 1 nitrogen and oxygen atoms in total. The van der Waals surface area contributed by atoms with Crippen molar-refractivity contribution in [1.29, 1.82) is 0 Å². The minimum absolute atomic E-state index is 0.840. The first-order valence-corrected chi connectivity index (χ1v) is 7.97. The summed E-state index contributed by atoms with van der Waals surface area (Å²) in [6.45, 7) is 6.11. The maximum absolute atomic E-state index is 3.80. The van der Waals surface area contributed by atoms with Crippen molar-refractivity contribution < 1.29 is 0 Å². The van der Waals surface area contributed by atoms with Gasteiger partial charge in [0, 0.05) is 6.04 Å². The molecule has 17 heavy (non-hydrogen) atoms. The van der Waals surface area contributed by atoms with Gasteiger partial charge in [0.1, 0.15) is 0 Å². The fraction of sp³-hybridized carbons (Fsp3) is 1.00. The zero-order valence-corrected chi connectivity index (χ0v) is 11.9. The molecule has 0 heterocycles. The number of rotatable bonds is 4. The third kappa shape index (κ3) is 4.62. The number of nitrogens with one attached hydrogen (secondary N) is 1. The van der Waals surface area contributed by atoms with Crippen molar-refractivity contribution in [3.63, 3.8) is 0 Å². The molecule has 1 heteroatoms. The highest BCUT2D eigenvalue weighted by molar-refractivity contribution is 4.77. The van der Waals surface area contributed by atoms with E-state index in [2.05, 4.69) is 19.2 Å². The molecule has 2 unspecified atom stereocenters. The second-order valence-electron chi connectivity index (χ2n) is 6.84. The van der Waals surface area contributed by atoms with Gasteiger partial charge in [-0.1, -0.05) is 33.1 Å². The van der Waals surface area contributed by atoms with Crippen molar-refractivity contribution >= 4 is 0 Å². The summed E-state index contributed by atoms with van der Waals surface area (Å²) in [7, 11) is 0. The van der Waals surface area contributed by atoms with E-state index in [9.17, 15) is 0 Å². The molecule has 0 aliphatic heterocycles. The second-order valence-corrected chi connectivity index (χ2v) is 6.84. The summed E-state index contributed by atoms with van der Waals surface area (Å²) in [4.78, 5) is 0. The molecule has 0 spiro atoms. The molecule has 0 bridgehead atoms. The van der Waals surface area contributed by atoms with Gasteiger partial charge in [-0.2, -0.15) is 0 Å². The number of hydrogen-bond donors (Lipinski definition) is 1. The van der Waals surface area contributed by atoms with E-state index in [1.807, 2.05) is 0 Å². The highest BCUT2D eigenvalue weighted by atomic mass is 14.9. The highest BCUT2D eigenvalue weighted by Crippen LogP contribution is 2.30. The standard InChI is InChI=1S/C16H31N/c1-13-6-8-16(9-7-13)17-11-10-15-5-3-4-14(2)12-15/h13-17H,3-12H2,1-2H3. The summed E-state index contributed by atoms with van der Waals surface area (Å²) in [5, 5.41) is 3.80. The Morgan fingerprint density at radius 3 is 2.35 bits per heavy atom. The van der Waals surface area contributed by atoms with Gasteiger partial charge in [0.15, 0.2) is 0 Å². The van der Waals surface area contributed by atoms with E-state index in [-0.39, 0.29) is 0 Å². The van der Waals surface area contributed by atoms with Gasteiger partial charge in [-0.15, -0.1) is 0 Å². The Balaban J connectivity index is 1.56. The van der Waals surface area contributed by atoms with Crippen molar-refractivity contribution in [3.8, 4) is 0 Å². The quantitative estimate of drug-likeness (QED) is 0.765. The van der Waals surface area contributed by atoms with Crippen LogP contribution in [0, 0.1) is 17.8 Å². The summed E-state index contributed by atoms with van der Waals surface area (Å²) < 4.78 is 0. The Hall–Kier alpha value is -0.0400. The van der Waals surface area contributed by atoms with Crippen LogP contribution in [0.4, 0.5) is 0 Å². The minimum atomic E-state index is 0.840.